The van der Waals surface area contributed by atoms with Crippen LogP contribution in [0.15, 0.2) is 24.3 Å². The van der Waals surface area contributed by atoms with Gasteiger partial charge in [0.1, 0.15) is 6.10 Å². The number of hydrogen-bond acceptors (Lipinski definition) is 3. The van der Waals surface area contributed by atoms with Gasteiger partial charge in [-0.25, -0.2) is 0 Å². The molecule has 1 unspecified atom stereocenters. The van der Waals surface area contributed by atoms with Crippen LogP contribution in [0.3, 0.4) is 0 Å². The second-order valence-electron chi connectivity index (χ2n) is 3.68. The number of aliphatic hydroxyl groups excluding tert-OH is 1. The van der Waals surface area contributed by atoms with Crippen molar-refractivity contribution in [2.24, 2.45) is 0 Å². The van der Waals surface area contributed by atoms with Crippen LogP contribution < -0.4 is 10.6 Å². The number of carbonyl (C=O) groups excluding carboxylic acids is 2. The Bertz CT molecular complexity index is 310. The van der Waals surface area contributed by atoms with E-state index in [9.17, 15) is 14.7 Å². The summed E-state index contributed by atoms with van der Waals surface area (Å²) >= 11 is 0. The normalized spacial score (nSPS) is 11.4. The highest BCUT2D eigenvalue weighted by Gasteiger charge is 2.15. The quantitative estimate of drug-likeness (QED) is 0.431. The first kappa shape index (κ1) is 14.4. The minimum atomic E-state index is -1.26. The fourth-order valence-corrected chi connectivity index (χ4v) is 0.789. The number of rotatable bonds is 6. The molecule has 90 valence electrons. The standard InChI is InChI=1S/C11H18N2O3/c1-7(2)5-12-11(16)9(14)6-13-10(15)8(3)4/h9,14H,1,3,5-6H2,2,4H3,(H,12,16)(H,13,15). The van der Waals surface area contributed by atoms with Gasteiger partial charge >= 0.3 is 0 Å². The zero-order valence-corrected chi connectivity index (χ0v) is 9.67. The molecule has 0 radical (unpaired) electrons. The van der Waals surface area contributed by atoms with E-state index in [1.54, 1.807) is 13.8 Å². The first-order valence-corrected chi connectivity index (χ1v) is 4.88. The van der Waals surface area contributed by atoms with Crippen LogP contribution in [0.4, 0.5) is 0 Å². The highest BCUT2D eigenvalue weighted by molar-refractivity contribution is 5.92. The lowest BCUT2D eigenvalue weighted by Gasteiger charge is -2.12. The predicted molar refractivity (Wildman–Crippen MR) is 61.7 cm³/mol. The van der Waals surface area contributed by atoms with Crippen molar-refractivity contribution in [1.82, 2.24) is 10.6 Å². The summed E-state index contributed by atoms with van der Waals surface area (Å²) in [5, 5.41) is 14.2. The molecular formula is C11H18N2O3. The van der Waals surface area contributed by atoms with Gasteiger partial charge in [-0.15, -0.1) is 0 Å². The molecule has 1 atom stereocenters. The Morgan fingerprint density at radius 2 is 1.81 bits per heavy atom. The maximum atomic E-state index is 11.3. The van der Waals surface area contributed by atoms with Gasteiger partial charge in [-0.3, -0.25) is 9.59 Å². The Morgan fingerprint density at radius 3 is 2.25 bits per heavy atom. The Labute approximate surface area is 95.2 Å². The summed E-state index contributed by atoms with van der Waals surface area (Å²) in [6, 6.07) is 0. The number of hydrogen-bond donors (Lipinski definition) is 3. The van der Waals surface area contributed by atoms with E-state index in [0.29, 0.717) is 12.1 Å². The lowest BCUT2D eigenvalue weighted by atomic mass is 10.2. The van der Waals surface area contributed by atoms with Gasteiger partial charge in [0.2, 0.25) is 5.91 Å². The fraction of sp³-hybridized carbons (Fsp3) is 0.455. The molecular weight excluding hydrogens is 208 g/mol. The molecule has 0 aromatic carbocycles. The minimum Gasteiger partial charge on any atom is -0.381 e. The summed E-state index contributed by atoms with van der Waals surface area (Å²) in [6.45, 7) is 10.5. The van der Waals surface area contributed by atoms with Crippen LogP contribution in [0.25, 0.3) is 0 Å². The van der Waals surface area contributed by atoms with E-state index in [1.807, 2.05) is 0 Å². The van der Waals surface area contributed by atoms with E-state index in [-0.39, 0.29) is 12.5 Å². The highest BCUT2D eigenvalue weighted by atomic mass is 16.3. The summed E-state index contributed by atoms with van der Waals surface area (Å²) in [6.07, 6.45) is -1.26. The largest absolute Gasteiger partial charge is 0.381 e. The maximum Gasteiger partial charge on any atom is 0.250 e. The van der Waals surface area contributed by atoms with Gasteiger partial charge in [0.15, 0.2) is 0 Å². The molecule has 0 bridgehead atoms. The molecule has 0 aromatic heterocycles. The van der Waals surface area contributed by atoms with Crippen molar-refractivity contribution in [2.75, 3.05) is 13.1 Å². The van der Waals surface area contributed by atoms with E-state index < -0.39 is 12.0 Å². The third-order valence-corrected chi connectivity index (χ3v) is 1.71. The molecule has 0 rings (SSSR count). The summed E-state index contributed by atoms with van der Waals surface area (Å²) in [5.41, 5.74) is 1.11. The van der Waals surface area contributed by atoms with Crippen LogP contribution in [0.5, 0.6) is 0 Å². The van der Waals surface area contributed by atoms with Crippen molar-refractivity contribution >= 4 is 11.8 Å². The maximum absolute atomic E-state index is 11.3. The van der Waals surface area contributed by atoms with Crippen LogP contribution in [0.2, 0.25) is 0 Å². The number of aliphatic hydroxyl groups is 1. The molecule has 0 saturated heterocycles. The smallest absolute Gasteiger partial charge is 0.250 e. The Morgan fingerprint density at radius 1 is 1.25 bits per heavy atom. The molecule has 0 aliphatic carbocycles. The van der Waals surface area contributed by atoms with E-state index >= 15 is 0 Å². The van der Waals surface area contributed by atoms with Crippen molar-refractivity contribution in [2.45, 2.75) is 20.0 Å². The number of nitrogens with one attached hydrogen (secondary N) is 2. The molecule has 0 fully saturated rings. The van der Waals surface area contributed by atoms with Crippen molar-refractivity contribution in [3.05, 3.63) is 24.3 Å². The van der Waals surface area contributed by atoms with E-state index in [1.165, 1.54) is 0 Å². The van der Waals surface area contributed by atoms with Gasteiger partial charge in [-0.05, 0) is 13.8 Å². The van der Waals surface area contributed by atoms with Gasteiger partial charge in [0.05, 0.1) is 6.54 Å². The molecule has 2 amide bonds. The van der Waals surface area contributed by atoms with E-state index in [2.05, 4.69) is 23.8 Å². The topological polar surface area (TPSA) is 78.4 Å². The summed E-state index contributed by atoms with van der Waals surface area (Å²) < 4.78 is 0. The molecule has 0 heterocycles. The molecule has 0 spiro atoms. The molecule has 5 nitrogen and oxygen atoms in total. The first-order chi connectivity index (χ1) is 7.34. The second-order valence-corrected chi connectivity index (χ2v) is 3.68. The lowest BCUT2D eigenvalue weighted by Crippen LogP contribution is -2.43. The van der Waals surface area contributed by atoms with Crippen molar-refractivity contribution in [3.63, 3.8) is 0 Å². The van der Waals surface area contributed by atoms with Gasteiger partial charge in [-0.2, -0.15) is 0 Å². The van der Waals surface area contributed by atoms with Crippen molar-refractivity contribution in [3.8, 4) is 0 Å². The molecule has 0 aliphatic heterocycles. The van der Waals surface area contributed by atoms with Crippen LogP contribution >= 0.6 is 0 Å². The average Bonchev–Trinajstić information content (AvgIpc) is 2.21. The molecule has 16 heavy (non-hydrogen) atoms. The Kier molecular flexibility index (Phi) is 6.10. The van der Waals surface area contributed by atoms with Gasteiger partial charge < -0.3 is 15.7 Å². The Balaban J connectivity index is 3.92. The van der Waals surface area contributed by atoms with Crippen LogP contribution in [-0.4, -0.2) is 36.1 Å². The number of carbonyl (C=O) groups is 2. The predicted octanol–water partition coefficient (Wildman–Crippen LogP) is -0.268. The van der Waals surface area contributed by atoms with E-state index in [4.69, 9.17) is 0 Å². The van der Waals surface area contributed by atoms with Crippen LogP contribution in [-0.2, 0) is 9.59 Å². The second kappa shape index (κ2) is 6.79. The average molecular weight is 226 g/mol. The van der Waals surface area contributed by atoms with Crippen LogP contribution in [0.1, 0.15) is 13.8 Å². The third kappa shape index (κ3) is 5.98. The summed E-state index contributed by atoms with van der Waals surface area (Å²) in [5.74, 6) is -0.920. The zero-order chi connectivity index (χ0) is 12.7. The zero-order valence-electron chi connectivity index (χ0n) is 9.67. The van der Waals surface area contributed by atoms with Gasteiger partial charge in [0, 0.05) is 12.1 Å². The minimum absolute atomic E-state index is 0.131. The lowest BCUT2D eigenvalue weighted by molar-refractivity contribution is -0.129. The molecule has 0 aromatic rings. The number of amides is 2. The van der Waals surface area contributed by atoms with Crippen molar-refractivity contribution in [1.29, 1.82) is 0 Å². The first-order valence-electron chi connectivity index (χ1n) is 4.88. The van der Waals surface area contributed by atoms with Gasteiger partial charge in [0.25, 0.3) is 5.91 Å². The third-order valence-electron chi connectivity index (χ3n) is 1.71. The fourth-order valence-electron chi connectivity index (χ4n) is 0.789. The highest BCUT2D eigenvalue weighted by Crippen LogP contribution is 1.88. The van der Waals surface area contributed by atoms with Gasteiger partial charge in [-0.1, -0.05) is 18.7 Å². The van der Waals surface area contributed by atoms with Crippen LogP contribution in [0, 0.1) is 0 Å². The molecule has 5 heteroatoms. The summed E-state index contributed by atoms with van der Waals surface area (Å²) in [7, 11) is 0. The monoisotopic (exact) mass is 226 g/mol. The Hall–Kier alpha value is -1.62. The SMILES string of the molecule is C=C(C)CNC(=O)C(O)CNC(=O)C(=C)C. The van der Waals surface area contributed by atoms with E-state index in [0.717, 1.165) is 5.57 Å². The molecule has 0 aliphatic rings. The summed E-state index contributed by atoms with van der Waals surface area (Å²) in [4.78, 5) is 22.3. The molecule has 0 saturated carbocycles. The molecule has 3 N–H and O–H groups in total. The van der Waals surface area contributed by atoms with Crippen molar-refractivity contribution < 1.29 is 14.7 Å².